The van der Waals surface area contributed by atoms with Gasteiger partial charge in [-0.05, 0) is 36.0 Å². The highest BCUT2D eigenvalue weighted by Crippen LogP contribution is 2.11. The third kappa shape index (κ3) is 3.89. The van der Waals surface area contributed by atoms with E-state index in [9.17, 15) is 0 Å². The Hall–Kier alpha value is -0.870. The minimum Gasteiger partial charge on any atom is -0.463 e. The van der Waals surface area contributed by atoms with Crippen molar-refractivity contribution < 1.29 is 4.74 Å². The van der Waals surface area contributed by atoms with Crippen molar-refractivity contribution >= 4 is 23.2 Å². The average molecular weight is 234 g/mol. The van der Waals surface area contributed by atoms with Crippen LogP contribution in [0.1, 0.15) is 12.8 Å². The molecule has 1 rings (SSSR count). The van der Waals surface area contributed by atoms with Gasteiger partial charge in [-0.1, -0.05) is 6.08 Å². The SMILES string of the molecule is C=CCCCOc1nc(Cl)nc(Cl)n1. The first-order valence-corrected chi connectivity index (χ1v) is 4.78. The summed E-state index contributed by atoms with van der Waals surface area (Å²) < 4.78 is 5.19. The van der Waals surface area contributed by atoms with Gasteiger partial charge < -0.3 is 4.74 Å². The van der Waals surface area contributed by atoms with Crippen molar-refractivity contribution in [2.75, 3.05) is 6.61 Å². The average Bonchev–Trinajstić information content (AvgIpc) is 2.11. The Morgan fingerprint density at radius 1 is 1.21 bits per heavy atom. The number of ether oxygens (including phenoxy) is 1. The van der Waals surface area contributed by atoms with Crippen molar-refractivity contribution in [1.82, 2.24) is 15.0 Å². The van der Waals surface area contributed by atoms with Crippen LogP contribution in [0.5, 0.6) is 6.01 Å². The predicted octanol–water partition coefficient (Wildman–Crippen LogP) is 2.52. The lowest BCUT2D eigenvalue weighted by Gasteiger charge is -2.02. The Balaban J connectivity index is 2.46. The smallest absolute Gasteiger partial charge is 0.322 e. The van der Waals surface area contributed by atoms with Crippen LogP contribution in [0.15, 0.2) is 12.7 Å². The van der Waals surface area contributed by atoms with Gasteiger partial charge in [0.2, 0.25) is 10.6 Å². The van der Waals surface area contributed by atoms with Crippen LogP contribution in [0.25, 0.3) is 0 Å². The lowest BCUT2D eigenvalue weighted by Crippen LogP contribution is -2.02. The molecule has 0 amide bonds. The van der Waals surface area contributed by atoms with Crippen LogP contribution in [0, 0.1) is 0 Å². The summed E-state index contributed by atoms with van der Waals surface area (Å²) in [6.07, 6.45) is 3.55. The van der Waals surface area contributed by atoms with E-state index in [1.165, 1.54) is 0 Å². The molecule has 0 radical (unpaired) electrons. The maximum Gasteiger partial charge on any atom is 0.322 e. The standard InChI is InChI=1S/C8H9Cl2N3O/c1-2-3-4-5-14-8-12-6(9)11-7(10)13-8/h2H,1,3-5H2. The molecule has 0 spiro atoms. The third-order valence-corrected chi connectivity index (χ3v) is 1.68. The van der Waals surface area contributed by atoms with Gasteiger partial charge in [0, 0.05) is 0 Å². The van der Waals surface area contributed by atoms with Crippen LogP contribution in [0.4, 0.5) is 0 Å². The summed E-state index contributed by atoms with van der Waals surface area (Å²) in [5.41, 5.74) is 0. The van der Waals surface area contributed by atoms with Crippen molar-refractivity contribution in [2.45, 2.75) is 12.8 Å². The topological polar surface area (TPSA) is 47.9 Å². The molecule has 0 aliphatic heterocycles. The number of nitrogens with zero attached hydrogens (tertiary/aromatic N) is 3. The lowest BCUT2D eigenvalue weighted by atomic mass is 10.3. The van der Waals surface area contributed by atoms with E-state index in [4.69, 9.17) is 27.9 Å². The van der Waals surface area contributed by atoms with Crippen molar-refractivity contribution in [1.29, 1.82) is 0 Å². The largest absolute Gasteiger partial charge is 0.463 e. The molecule has 76 valence electrons. The second-order valence-corrected chi connectivity index (χ2v) is 3.11. The van der Waals surface area contributed by atoms with E-state index in [0.717, 1.165) is 12.8 Å². The van der Waals surface area contributed by atoms with Crippen molar-refractivity contribution in [3.8, 4) is 6.01 Å². The Kier molecular flexibility index (Phi) is 4.62. The summed E-state index contributed by atoms with van der Waals surface area (Å²) in [6.45, 7) is 4.10. The summed E-state index contributed by atoms with van der Waals surface area (Å²) in [5, 5.41) is 0.0624. The van der Waals surface area contributed by atoms with Gasteiger partial charge in [-0.3, -0.25) is 0 Å². The number of halogens is 2. The van der Waals surface area contributed by atoms with Crippen molar-refractivity contribution in [3.05, 3.63) is 23.2 Å². The zero-order chi connectivity index (χ0) is 10.4. The number of unbranched alkanes of at least 4 members (excludes halogenated alkanes) is 1. The molecule has 0 saturated heterocycles. The molecule has 0 atom stereocenters. The molecule has 0 bridgehead atoms. The highest BCUT2D eigenvalue weighted by molar-refractivity contribution is 6.31. The summed E-state index contributed by atoms with van der Waals surface area (Å²) in [5.74, 6) is 0. The van der Waals surface area contributed by atoms with Gasteiger partial charge in [0.1, 0.15) is 0 Å². The van der Waals surface area contributed by atoms with Gasteiger partial charge in [-0.25, -0.2) is 0 Å². The van der Waals surface area contributed by atoms with Crippen LogP contribution < -0.4 is 4.74 Å². The van der Waals surface area contributed by atoms with Gasteiger partial charge in [0.25, 0.3) is 0 Å². The molecule has 0 aliphatic rings. The second kappa shape index (κ2) is 5.78. The molecule has 0 aliphatic carbocycles. The molecule has 1 heterocycles. The molecule has 14 heavy (non-hydrogen) atoms. The summed E-state index contributed by atoms with van der Waals surface area (Å²) in [7, 11) is 0. The molecule has 0 N–H and O–H groups in total. The van der Waals surface area contributed by atoms with E-state index in [1.807, 2.05) is 6.08 Å². The zero-order valence-electron chi connectivity index (χ0n) is 7.41. The van der Waals surface area contributed by atoms with Crippen LogP contribution in [-0.4, -0.2) is 21.6 Å². The van der Waals surface area contributed by atoms with E-state index < -0.39 is 0 Å². The van der Waals surface area contributed by atoms with E-state index in [-0.39, 0.29) is 16.6 Å². The molecule has 4 nitrogen and oxygen atoms in total. The first-order valence-electron chi connectivity index (χ1n) is 4.03. The molecule has 1 aromatic heterocycles. The van der Waals surface area contributed by atoms with Crippen molar-refractivity contribution in [2.24, 2.45) is 0 Å². The first kappa shape index (κ1) is 11.2. The fourth-order valence-corrected chi connectivity index (χ4v) is 1.11. The van der Waals surface area contributed by atoms with Crippen LogP contribution in [-0.2, 0) is 0 Å². The number of hydrogen-bond donors (Lipinski definition) is 0. The molecule has 1 aromatic rings. The minimum absolute atomic E-state index is 0.0312. The molecular weight excluding hydrogens is 225 g/mol. The summed E-state index contributed by atoms with van der Waals surface area (Å²) >= 11 is 11.1. The summed E-state index contributed by atoms with van der Waals surface area (Å²) in [6, 6.07) is 0.152. The van der Waals surface area contributed by atoms with E-state index in [0.29, 0.717) is 6.61 Å². The van der Waals surface area contributed by atoms with Gasteiger partial charge in [0.05, 0.1) is 6.61 Å². The third-order valence-electron chi connectivity index (χ3n) is 1.34. The Morgan fingerprint density at radius 3 is 2.43 bits per heavy atom. The summed E-state index contributed by atoms with van der Waals surface area (Å²) in [4.78, 5) is 11.1. The minimum atomic E-state index is 0.0312. The fraction of sp³-hybridized carbons (Fsp3) is 0.375. The van der Waals surface area contributed by atoms with Crippen LogP contribution in [0.3, 0.4) is 0 Å². The molecule has 0 saturated carbocycles. The predicted molar refractivity (Wildman–Crippen MR) is 54.8 cm³/mol. The normalized spacial score (nSPS) is 9.86. The molecule has 0 unspecified atom stereocenters. The van der Waals surface area contributed by atoms with Gasteiger partial charge >= 0.3 is 6.01 Å². The maximum absolute atomic E-state index is 5.55. The highest BCUT2D eigenvalue weighted by Gasteiger charge is 2.03. The molecule has 6 heteroatoms. The molecule has 0 fully saturated rings. The number of allylic oxidation sites excluding steroid dienone is 1. The molecule has 0 aromatic carbocycles. The van der Waals surface area contributed by atoms with Crippen molar-refractivity contribution in [3.63, 3.8) is 0 Å². The Labute approximate surface area is 91.9 Å². The lowest BCUT2D eigenvalue weighted by molar-refractivity contribution is 0.286. The number of rotatable bonds is 5. The quantitative estimate of drug-likeness (QED) is 0.580. The fourth-order valence-electron chi connectivity index (χ4n) is 0.765. The van der Waals surface area contributed by atoms with E-state index >= 15 is 0 Å². The van der Waals surface area contributed by atoms with Gasteiger partial charge in [-0.2, -0.15) is 15.0 Å². The Morgan fingerprint density at radius 2 is 1.86 bits per heavy atom. The highest BCUT2D eigenvalue weighted by atomic mass is 35.5. The van der Waals surface area contributed by atoms with Crippen LogP contribution in [0.2, 0.25) is 10.6 Å². The zero-order valence-corrected chi connectivity index (χ0v) is 8.92. The maximum atomic E-state index is 5.55. The van der Waals surface area contributed by atoms with Gasteiger partial charge in [-0.15, -0.1) is 6.58 Å². The number of hydrogen-bond acceptors (Lipinski definition) is 4. The monoisotopic (exact) mass is 233 g/mol. The van der Waals surface area contributed by atoms with Crippen LogP contribution >= 0.6 is 23.2 Å². The van der Waals surface area contributed by atoms with E-state index in [1.54, 1.807) is 0 Å². The molecular formula is C8H9Cl2N3O. The van der Waals surface area contributed by atoms with E-state index in [2.05, 4.69) is 21.5 Å². The first-order chi connectivity index (χ1) is 6.72. The second-order valence-electron chi connectivity index (χ2n) is 2.44. The number of aromatic nitrogens is 3. The van der Waals surface area contributed by atoms with Gasteiger partial charge in [0.15, 0.2) is 0 Å². The Bertz CT molecular complexity index is 299.